The molecule has 1 saturated heterocycles. The van der Waals surface area contributed by atoms with Crippen molar-refractivity contribution in [1.82, 2.24) is 5.32 Å². The molecule has 0 saturated carbocycles. The van der Waals surface area contributed by atoms with E-state index >= 15 is 0 Å². The molecule has 1 fully saturated rings. The predicted octanol–water partition coefficient (Wildman–Crippen LogP) is 4.28. The summed E-state index contributed by atoms with van der Waals surface area (Å²) in [5.74, 6) is -0.213. The van der Waals surface area contributed by atoms with Crippen molar-refractivity contribution in [2.75, 3.05) is 18.0 Å². The van der Waals surface area contributed by atoms with Gasteiger partial charge in [0.05, 0.1) is 6.54 Å². The molecule has 3 rings (SSSR count). The smallest absolute Gasteiger partial charge is 0.227 e. The van der Waals surface area contributed by atoms with Crippen LogP contribution in [0.5, 0.6) is 0 Å². The van der Waals surface area contributed by atoms with Crippen molar-refractivity contribution in [2.45, 2.75) is 32.2 Å². The molecule has 3 nitrogen and oxygen atoms in total. The minimum absolute atomic E-state index is 0.0570. The molecule has 1 amide bonds. The minimum Gasteiger partial charge on any atom is -0.317 e. The second kappa shape index (κ2) is 8.90. The van der Waals surface area contributed by atoms with Crippen LogP contribution in [0.4, 0.5) is 14.5 Å². The summed E-state index contributed by atoms with van der Waals surface area (Å²) in [5, 5.41) is 3.32. The van der Waals surface area contributed by atoms with Crippen molar-refractivity contribution in [3.8, 4) is 0 Å². The van der Waals surface area contributed by atoms with Gasteiger partial charge in [0.25, 0.3) is 0 Å². The number of nitrogens with zero attached hydrogens (tertiary/aromatic N) is 1. The van der Waals surface area contributed by atoms with E-state index in [9.17, 15) is 13.6 Å². The zero-order valence-electron chi connectivity index (χ0n) is 14.8. The number of amides is 1. The molecule has 1 N–H and O–H groups in total. The number of hydrogen-bond acceptors (Lipinski definition) is 2. The van der Waals surface area contributed by atoms with E-state index in [1.807, 2.05) is 0 Å². The molecule has 0 radical (unpaired) electrons. The molecule has 138 valence electrons. The normalized spacial score (nSPS) is 15.0. The fourth-order valence-corrected chi connectivity index (χ4v) is 3.37. The van der Waals surface area contributed by atoms with Crippen LogP contribution >= 0.6 is 0 Å². The van der Waals surface area contributed by atoms with Crippen molar-refractivity contribution in [3.05, 3.63) is 65.7 Å². The second-order valence-corrected chi connectivity index (χ2v) is 6.78. The molecular weight excluding hydrogens is 334 g/mol. The molecular formula is C21H24F2N2O. The first kappa shape index (κ1) is 18.5. The van der Waals surface area contributed by atoms with E-state index in [-0.39, 0.29) is 24.1 Å². The lowest BCUT2D eigenvalue weighted by Gasteiger charge is -2.26. The topological polar surface area (TPSA) is 32.3 Å². The Morgan fingerprint density at radius 2 is 1.73 bits per heavy atom. The van der Waals surface area contributed by atoms with Gasteiger partial charge >= 0.3 is 0 Å². The highest BCUT2D eigenvalue weighted by atomic mass is 19.1. The average Bonchev–Trinajstić information content (AvgIpc) is 2.67. The van der Waals surface area contributed by atoms with Crippen LogP contribution in [0.3, 0.4) is 0 Å². The van der Waals surface area contributed by atoms with E-state index in [0.717, 1.165) is 32.4 Å². The number of hydrogen-bond donors (Lipinski definition) is 1. The minimum atomic E-state index is -0.359. The molecule has 0 unspecified atom stereocenters. The third-order valence-corrected chi connectivity index (χ3v) is 4.95. The number of halogens is 2. The Hall–Kier alpha value is -2.27. The van der Waals surface area contributed by atoms with Crippen LogP contribution in [0.1, 0.15) is 31.2 Å². The fourth-order valence-electron chi connectivity index (χ4n) is 3.37. The SMILES string of the molecule is O=C(CCC1CCNCC1)N(Cc1ccccc1F)c1ccc(F)cc1. The lowest BCUT2D eigenvalue weighted by molar-refractivity contribution is -0.119. The maximum absolute atomic E-state index is 14.1. The second-order valence-electron chi connectivity index (χ2n) is 6.78. The first-order valence-electron chi connectivity index (χ1n) is 9.13. The molecule has 2 aromatic rings. The Morgan fingerprint density at radius 3 is 2.42 bits per heavy atom. The zero-order valence-corrected chi connectivity index (χ0v) is 14.8. The van der Waals surface area contributed by atoms with Crippen LogP contribution in [0.15, 0.2) is 48.5 Å². The van der Waals surface area contributed by atoms with Crippen LogP contribution in [0.25, 0.3) is 0 Å². The van der Waals surface area contributed by atoms with Gasteiger partial charge in [-0.25, -0.2) is 8.78 Å². The average molecular weight is 358 g/mol. The van der Waals surface area contributed by atoms with Gasteiger partial charge in [-0.15, -0.1) is 0 Å². The van der Waals surface area contributed by atoms with Gasteiger partial charge in [-0.3, -0.25) is 4.79 Å². The molecule has 0 atom stereocenters. The summed E-state index contributed by atoms with van der Waals surface area (Å²) < 4.78 is 27.3. The van der Waals surface area contributed by atoms with Gasteiger partial charge in [0.15, 0.2) is 0 Å². The van der Waals surface area contributed by atoms with Crippen molar-refractivity contribution in [2.24, 2.45) is 5.92 Å². The number of anilines is 1. The number of rotatable bonds is 6. The first-order chi connectivity index (χ1) is 12.6. The van der Waals surface area contributed by atoms with Crippen LogP contribution in [-0.4, -0.2) is 19.0 Å². The maximum Gasteiger partial charge on any atom is 0.227 e. The molecule has 1 heterocycles. The van der Waals surface area contributed by atoms with Crippen LogP contribution in [0.2, 0.25) is 0 Å². The molecule has 5 heteroatoms. The van der Waals surface area contributed by atoms with E-state index < -0.39 is 0 Å². The van der Waals surface area contributed by atoms with E-state index in [0.29, 0.717) is 23.6 Å². The number of carbonyl (C=O) groups is 1. The Labute approximate surface area is 153 Å². The Balaban J connectivity index is 1.74. The Bertz CT molecular complexity index is 727. The quantitative estimate of drug-likeness (QED) is 0.836. The molecule has 0 aliphatic carbocycles. The molecule has 1 aliphatic heterocycles. The number of nitrogens with one attached hydrogen (secondary N) is 1. The molecule has 2 aromatic carbocycles. The van der Waals surface area contributed by atoms with Gasteiger partial charge in [-0.05, 0) is 68.6 Å². The van der Waals surface area contributed by atoms with Crippen LogP contribution < -0.4 is 10.2 Å². The molecule has 0 aromatic heterocycles. The van der Waals surface area contributed by atoms with Crippen LogP contribution in [0, 0.1) is 17.6 Å². The van der Waals surface area contributed by atoms with Crippen molar-refractivity contribution in [3.63, 3.8) is 0 Å². The lowest BCUT2D eigenvalue weighted by Crippen LogP contribution is -2.32. The number of piperidine rings is 1. The van der Waals surface area contributed by atoms with Crippen molar-refractivity contribution < 1.29 is 13.6 Å². The van der Waals surface area contributed by atoms with Gasteiger partial charge in [-0.1, -0.05) is 18.2 Å². The third kappa shape index (κ3) is 4.88. The van der Waals surface area contributed by atoms with E-state index in [1.165, 1.54) is 18.2 Å². The summed E-state index contributed by atoms with van der Waals surface area (Å²) in [7, 11) is 0. The largest absolute Gasteiger partial charge is 0.317 e. The molecule has 26 heavy (non-hydrogen) atoms. The summed E-state index contributed by atoms with van der Waals surface area (Å²) in [6.45, 7) is 2.13. The number of carbonyl (C=O) groups excluding carboxylic acids is 1. The highest BCUT2D eigenvalue weighted by Crippen LogP contribution is 2.23. The van der Waals surface area contributed by atoms with Gasteiger partial charge in [0.2, 0.25) is 5.91 Å². The summed E-state index contributed by atoms with van der Waals surface area (Å²) in [6.07, 6.45) is 3.40. The Kier molecular flexibility index (Phi) is 6.34. The van der Waals surface area contributed by atoms with E-state index in [1.54, 1.807) is 35.2 Å². The maximum atomic E-state index is 14.1. The first-order valence-corrected chi connectivity index (χ1v) is 9.13. The molecule has 1 aliphatic rings. The van der Waals surface area contributed by atoms with Gasteiger partial charge < -0.3 is 10.2 Å². The summed E-state index contributed by atoms with van der Waals surface area (Å²) in [5.41, 5.74) is 1.04. The fraction of sp³-hybridized carbons (Fsp3) is 0.381. The zero-order chi connectivity index (χ0) is 18.4. The predicted molar refractivity (Wildman–Crippen MR) is 98.8 cm³/mol. The highest BCUT2D eigenvalue weighted by molar-refractivity contribution is 5.93. The molecule has 0 spiro atoms. The van der Waals surface area contributed by atoms with Gasteiger partial charge in [-0.2, -0.15) is 0 Å². The van der Waals surface area contributed by atoms with Crippen LogP contribution in [-0.2, 0) is 11.3 Å². The summed E-state index contributed by atoms with van der Waals surface area (Å²) in [6, 6.07) is 12.2. The van der Waals surface area contributed by atoms with Crippen molar-refractivity contribution >= 4 is 11.6 Å². The monoisotopic (exact) mass is 358 g/mol. The summed E-state index contributed by atoms with van der Waals surface area (Å²) >= 11 is 0. The van der Waals surface area contributed by atoms with E-state index in [2.05, 4.69) is 5.32 Å². The standard InChI is InChI=1S/C21H24F2N2O/c22-18-6-8-19(9-7-18)25(15-17-3-1-2-4-20(17)23)21(26)10-5-16-11-13-24-14-12-16/h1-4,6-9,16,24H,5,10-15H2. The Morgan fingerprint density at radius 1 is 1.04 bits per heavy atom. The van der Waals surface area contributed by atoms with Gasteiger partial charge in [0, 0.05) is 17.7 Å². The number of benzene rings is 2. The van der Waals surface area contributed by atoms with E-state index in [4.69, 9.17) is 0 Å². The molecule has 0 bridgehead atoms. The highest BCUT2D eigenvalue weighted by Gasteiger charge is 2.20. The van der Waals surface area contributed by atoms with Crippen molar-refractivity contribution in [1.29, 1.82) is 0 Å². The van der Waals surface area contributed by atoms with Gasteiger partial charge in [0.1, 0.15) is 11.6 Å². The third-order valence-electron chi connectivity index (χ3n) is 4.95. The summed E-state index contributed by atoms with van der Waals surface area (Å²) in [4.78, 5) is 14.4. The lowest BCUT2D eigenvalue weighted by atomic mass is 9.93.